The van der Waals surface area contributed by atoms with Crippen molar-refractivity contribution >= 4 is 11.8 Å². The van der Waals surface area contributed by atoms with Crippen LogP contribution in [0.4, 0.5) is 0 Å². The van der Waals surface area contributed by atoms with Crippen LogP contribution in [-0.4, -0.2) is 60.5 Å². The van der Waals surface area contributed by atoms with Crippen LogP contribution in [0.1, 0.15) is 44.1 Å². The van der Waals surface area contributed by atoms with Gasteiger partial charge in [-0.2, -0.15) is 0 Å². The third-order valence-corrected chi connectivity index (χ3v) is 5.25. The third-order valence-electron chi connectivity index (χ3n) is 5.25. The molecule has 3 rings (SSSR count). The van der Waals surface area contributed by atoms with Crippen LogP contribution in [0.15, 0.2) is 30.3 Å². The summed E-state index contributed by atoms with van der Waals surface area (Å²) in [7, 11) is 0. The molecule has 1 aromatic rings. The summed E-state index contributed by atoms with van der Waals surface area (Å²) in [5.74, 6) is 5.44. The van der Waals surface area contributed by atoms with Gasteiger partial charge in [-0.15, -0.1) is 0 Å². The smallest absolute Gasteiger partial charge is 0.298 e. The lowest BCUT2D eigenvalue weighted by Gasteiger charge is -2.34. The molecule has 144 valence electrons. The van der Waals surface area contributed by atoms with Gasteiger partial charge in [0.05, 0.1) is 6.10 Å². The summed E-state index contributed by atoms with van der Waals surface area (Å²) in [6, 6.07) is 9.48. The van der Waals surface area contributed by atoms with Gasteiger partial charge in [-0.25, -0.2) is 0 Å². The minimum absolute atomic E-state index is 0.0294. The van der Waals surface area contributed by atoms with E-state index in [0.29, 0.717) is 26.2 Å². The van der Waals surface area contributed by atoms with Crippen LogP contribution in [0.25, 0.3) is 0 Å². The highest BCUT2D eigenvalue weighted by atomic mass is 16.5. The number of amides is 2. The van der Waals surface area contributed by atoms with E-state index < -0.39 is 0 Å². The summed E-state index contributed by atoms with van der Waals surface area (Å²) < 4.78 is 5.85. The van der Waals surface area contributed by atoms with E-state index in [1.807, 2.05) is 30.3 Å². The fourth-order valence-corrected chi connectivity index (χ4v) is 3.57. The molecule has 27 heavy (non-hydrogen) atoms. The molecule has 1 saturated heterocycles. The minimum Gasteiger partial charge on any atom is -0.368 e. The Morgan fingerprint density at radius 2 is 1.56 bits per heavy atom. The van der Waals surface area contributed by atoms with Crippen LogP contribution < -0.4 is 0 Å². The zero-order valence-electron chi connectivity index (χ0n) is 15.9. The predicted octanol–water partition coefficient (Wildman–Crippen LogP) is 2.45. The molecule has 2 fully saturated rings. The number of carbonyl (C=O) groups excluding carboxylic acids is 2. The number of benzene rings is 1. The van der Waals surface area contributed by atoms with E-state index in [4.69, 9.17) is 4.74 Å². The van der Waals surface area contributed by atoms with Crippen molar-refractivity contribution in [2.24, 2.45) is 0 Å². The van der Waals surface area contributed by atoms with Gasteiger partial charge in [0.1, 0.15) is 6.61 Å². The monoisotopic (exact) mass is 368 g/mol. The summed E-state index contributed by atoms with van der Waals surface area (Å²) in [6.45, 7) is 2.30. The summed E-state index contributed by atoms with van der Waals surface area (Å²) in [4.78, 5) is 28.1. The van der Waals surface area contributed by atoms with Gasteiger partial charge >= 0.3 is 0 Å². The predicted molar refractivity (Wildman–Crippen MR) is 104 cm³/mol. The van der Waals surface area contributed by atoms with Gasteiger partial charge in [-0.05, 0) is 25.0 Å². The van der Waals surface area contributed by atoms with Gasteiger partial charge in [-0.1, -0.05) is 49.8 Å². The molecule has 5 heteroatoms. The largest absolute Gasteiger partial charge is 0.368 e. The van der Waals surface area contributed by atoms with Crippen molar-refractivity contribution in [3.8, 4) is 11.8 Å². The quantitative estimate of drug-likeness (QED) is 0.608. The number of nitrogens with zero attached hydrogens (tertiary/aromatic N) is 2. The van der Waals surface area contributed by atoms with E-state index in [1.54, 1.807) is 9.80 Å². The van der Waals surface area contributed by atoms with Crippen molar-refractivity contribution in [2.75, 3.05) is 32.8 Å². The highest BCUT2D eigenvalue weighted by molar-refractivity contribution is 5.94. The second-order valence-corrected chi connectivity index (χ2v) is 7.21. The Hall–Kier alpha value is -2.32. The Balaban J connectivity index is 1.41. The Bertz CT molecular complexity index is 677. The Morgan fingerprint density at radius 3 is 2.22 bits per heavy atom. The molecule has 0 radical (unpaired) electrons. The van der Waals surface area contributed by atoms with Crippen LogP contribution in [0.3, 0.4) is 0 Å². The molecule has 2 aliphatic rings. The number of hydrogen-bond acceptors (Lipinski definition) is 3. The van der Waals surface area contributed by atoms with E-state index in [9.17, 15) is 9.59 Å². The molecule has 0 bridgehead atoms. The van der Waals surface area contributed by atoms with E-state index in [1.165, 1.54) is 25.7 Å². The van der Waals surface area contributed by atoms with Gasteiger partial charge in [0.2, 0.25) is 5.91 Å². The van der Waals surface area contributed by atoms with Gasteiger partial charge in [-0.3, -0.25) is 9.59 Å². The molecule has 0 atom stereocenters. The first-order chi connectivity index (χ1) is 13.2. The lowest BCUT2D eigenvalue weighted by atomic mass is 10.1. The van der Waals surface area contributed by atoms with Gasteiger partial charge in [0, 0.05) is 37.7 Å². The highest BCUT2D eigenvalue weighted by Crippen LogP contribution is 2.19. The van der Waals surface area contributed by atoms with Crippen LogP contribution in [0.2, 0.25) is 0 Å². The molecule has 0 N–H and O–H groups in total. The average molecular weight is 368 g/mol. The summed E-state index contributed by atoms with van der Waals surface area (Å²) in [6.07, 6.45) is 7.31. The topological polar surface area (TPSA) is 49.9 Å². The Kier molecular flexibility index (Phi) is 7.29. The molecule has 0 aromatic heterocycles. The lowest BCUT2D eigenvalue weighted by Crippen LogP contribution is -2.51. The van der Waals surface area contributed by atoms with Crippen molar-refractivity contribution in [2.45, 2.75) is 44.6 Å². The maximum Gasteiger partial charge on any atom is 0.298 e. The number of rotatable bonds is 3. The maximum absolute atomic E-state index is 12.4. The number of hydrogen-bond donors (Lipinski definition) is 0. The number of carbonyl (C=O) groups is 2. The molecule has 0 spiro atoms. The second-order valence-electron chi connectivity index (χ2n) is 7.21. The molecular weight excluding hydrogens is 340 g/mol. The van der Waals surface area contributed by atoms with Crippen LogP contribution in [0.5, 0.6) is 0 Å². The van der Waals surface area contributed by atoms with E-state index >= 15 is 0 Å². The molecular formula is C22H28N2O3. The van der Waals surface area contributed by atoms with Crippen molar-refractivity contribution in [3.63, 3.8) is 0 Å². The molecule has 0 unspecified atom stereocenters. The van der Waals surface area contributed by atoms with Crippen molar-refractivity contribution < 1.29 is 14.3 Å². The van der Waals surface area contributed by atoms with Crippen LogP contribution in [-0.2, 0) is 14.3 Å². The molecule has 1 saturated carbocycles. The normalized spacial score (nSPS) is 18.4. The molecule has 1 heterocycles. The first kappa shape index (κ1) is 19.4. The Morgan fingerprint density at radius 1 is 0.926 bits per heavy atom. The minimum atomic E-state index is -0.180. The van der Waals surface area contributed by atoms with Crippen LogP contribution >= 0.6 is 0 Å². The molecule has 1 aliphatic carbocycles. The SMILES string of the molecule is O=C(C#Cc1ccccc1)N1CCN(C(=O)COC2CCCCCC2)CC1. The van der Waals surface area contributed by atoms with E-state index in [-0.39, 0.29) is 24.5 Å². The standard InChI is InChI=1S/C22H28N2O3/c25-21(13-12-19-8-4-3-5-9-19)23-14-16-24(17-15-23)22(26)18-27-20-10-6-1-2-7-11-20/h3-5,8-9,20H,1-2,6-7,10-11,14-18H2. The summed E-state index contributed by atoms with van der Waals surface area (Å²) in [5.41, 5.74) is 0.829. The lowest BCUT2D eigenvalue weighted by molar-refractivity contribution is -0.142. The van der Waals surface area contributed by atoms with Crippen LogP contribution in [0, 0.1) is 11.8 Å². The molecule has 2 amide bonds. The van der Waals surface area contributed by atoms with Gasteiger partial charge in [0.15, 0.2) is 0 Å². The number of ether oxygens (including phenoxy) is 1. The van der Waals surface area contributed by atoms with Crippen molar-refractivity contribution in [3.05, 3.63) is 35.9 Å². The van der Waals surface area contributed by atoms with Gasteiger partial charge < -0.3 is 14.5 Å². The Labute approximate surface area is 161 Å². The fourth-order valence-electron chi connectivity index (χ4n) is 3.57. The van der Waals surface area contributed by atoms with E-state index in [2.05, 4.69) is 11.8 Å². The first-order valence-electron chi connectivity index (χ1n) is 9.98. The van der Waals surface area contributed by atoms with Gasteiger partial charge in [0.25, 0.3) is 5.91 Å². The highest BCUT2D eigenvalue weighted by Gasteiger charge is 2.24. The van der Waals surface area contributed by atoms with E-state index in [0.717, 1.165) is 18.4 Å². The zero-order valence-corrected chi connectivity index (χ0v) is 15.9. The average Bonchev–Trinajstić information content (AvgIpc) is 3.00. The number of piperazine rings is 1. The fraction of sp³-hybridized carbons (Fsp3) is 0.545. The van der Waals surface area contributed by atoms with Crippen molar-refractivity contribution in [1.29, 1.82) is 0 Å². The maximum atomic E-state index is 12.4. The summed E-state index contributed by atoms with van der Waals surface area (Å²) in [5, 5.41) is 0. The summed E-state index contributed by atoms with van der Waals surface area (Å²) >= 11 is 0. The first-order valence-corrected chi connectivity index (χ1v) is 9.98. The zero-order chi connectivity index (χ0) is 18.9. The third kappa shape index (κ3) is 6.11. The molecule has 1 aromatic carbocycles. The molecule has 1 aliphatic heterocycles. The van der Waals surface area contributed by atoms with Crippen molar-refractivity contribution in [1.82, 2.24) is 9.80 Å². The second kappa shape index (κ2) is 10.1. The molecule has 5 nitrogen and oxygen atoms in total.